The zero-order chi connectivity index (χ0) is 15.9. The van der Waals surface area contributed by atoms with Gasteiger partial charge in [-0.25, -0.2) is 4.98 Å². The van der Waals surface area contributed by atoms with E-state index in [1.54, 1.807) is 24.4 Å². The molecule has 13 heteroatoms. The van der Waals surface area contributed by atoms with Crippen molar-refractivity contribution in [3.05, 3.63) is 24.4 Å². The van der Waals surface area contributed by atoms with Crippen molar-refractivity contribution in [2.75, 3.05) is 13.2 Å². The van der Waals surface area contributed by atoms with Gasteiger partial charge in [0.15, 0.2) is 0 Å². The molecule has 122 valence electrons. The molecule has 0 atom stereocenters. The van der Waals surface area contributed by atoms with Crippen molar-refractivity contribution in [2.45, 2.75) is 18.4 Å². The third-order valence-corrected chi connectivity index (χ3v) is 5.87. The van der Waals surface area contributed by atoms with E-state index in [1.807, 2.05) is 0 Å². The molecular weight excluding hydrogens is 368 g/mol. The predicted octanol–water partition coefficient (Wildman–Crippen LogP) is -0.292. The largest absolute Gasteiger partial charge is 0.478 e. The Bertz CT molecular complexity index is 503. The van der Waals surface area contributed by atoms with Crippen molar-refractivity contribution in [3.8, 4) is 5.88 Å². The molecule has 0 aliphatic rings. The summed E-state index contributed by atoms with van der Waals surface area (Å²) in [4.78, 5) is 39.5. The number of nitrogens with zero attached hydrogens (tertiary/aromatic N) is 1. The van der Waals surface area contributed by atoms with E-state index in [0.29, 0.717) is 25.3 Å². The monoisotopic (exact) mass is 386 g/mol. The van der Waals surface area contributed by atoms with Crippen molar-refractivity contribution in [2.24, 2.45) is 0 Å². The molecule has 0 spiro atoms. The maximum absolute atomic E-state index is 11.0. The summed E-state index contributed by atoms with van der Waals surface area (Å²) >= 11 is 0. The average molecular weight is 386 g/mol. The zero-order valence-corrected chi connectivity index (χ0v) is 18.9. The standard InChI is InChI=1S/C10H18N2O7P2.2Na/c13-20(14,15)10(21(16,17)18)12-7-3-4-8-19-9-5-1-2-6-11-9;;/h1-2,5-6,10,12H,3-4,7-8H2,(H2,13,14,15)(H2,16,17,18);;. The van der Waals surface area contributed by atoms with E-state index in [2.05, 4.69) is 10.3 Å². The molecule has 1 aromatic rings. The van der Waals surface area contributed by atoms with Crippen molar-refractivity contribution in [1.82, 2.24) is 10.3 Å². The molecule has 0 fully saturated rings. The van der Waals surface area contributed by atoms with Crippen LogP contribution in [-0.4, -0.2) is 102 Å². The van der Waals surface area contributed by atoms with Crippen LogP contribution in [0.3, 0.4) is 0 Å². The summed E-state index contributed by atoms with van der Waals surface area (Å²) in [5.41, 5.74) is -2.17. The number of nitrogens with one attached hydrogen (secondary N) is 1. The van der Waals surface area contributed by atoms with E-state index in [4.69, 9.17) is 24.3 Å². The molecule has 2 radical (unpaired) electrons. The van der Waals surface area contributed by atoms with Gasteiger partial charge in [-0.15, -0.1) is 0 Å². The van der Waals surface area contributed by atoms with Crippen LogP contribution in [0.2, 0.25) is 0 Å². The summed E-state index contributed by atoms with van der Waals surface area (Å²) < 4.78 is 27.3. The molecule has 23 heavy (non-hydrogen) atoms. The van der Waals surface area contributed by atoms with Crippen molar-refractivity contribution >= 4 is 74.3 Å². The first kappa shape index (κ1) is 26.4. The van der Waals surface area contributed by atoms with Crippen molar-refractivity contribution in [3.63, 3.8) is 0 Å². The van der Waals surface area contributed by atoms with Gasteiger partial charge in [0.2, 0.25) is 11.4 Å². The molecule has 0 saturated heterocycles. The van der Waals surface area contributed by atoms with E-state index in [1.165, 1.54) is 0 Å². The van der Waals surface area contributed by atoms with Gasteiger partial charge in [-0.05, 0) is 25.5 Å². The van der Waals surface area contributed by atoms with Crippen LogP contribution in [0, 0.1) is 0 Å². The number of ether oxygens (including phenoxy) is 1. The summed E-state index contributed by atoms with van der Waals surface area (Å²) in [7, 11) is -9.83. The molecule has 0 bridgehead atoms. The Hall–Kier alpha value is 1.21. The Morgan fingerprint density at radius 3 is 2.17 bits per heavy atom. The summed E-state index contributed by atoms with van der Waals surface area (Å²) in [6.07, 6.45) is 2.56. The predicted molar refractivity (Wildman–Crippen MR) is 86.4 cm³/mol. The van der Waals surface area contributed by atoms with Gasteiger partial charge < -0.3 is 24.3 Å². The van der Waals surface area contributed by atoms with Crippen LogP contribution in [0.4, 0.5) is 0 Å². The minimum atomic E-state index is -4.92. The Morgan fingerprint density at radius 2 is 1.70 bits per heavy atom. The number of aromatic nitrogens is 1. The van der Waals surface area contributed by atoms with E-state index < -0.39 is 20.7 Å². The average Bonchev–Trinajstić information content (AvgIpc) is 2.35. The summed E-state index contributed by atoms with van der Waals surface area (Å²) in [5, 5.41) is 2.20. The molecular formula is C10H18N2Na2O7P2. The number of pyridine rings is 1. The molecule has 1 rings (SSSR count). The molecule has 5 N–H and O–H groups in total. The second kappa shape index (κ2) is 12.5. The molecule has 0 amide bonds. The molecule has 0 unspecified atom stereocenters. The van der Waals surface area contributed by atoms with Gasteiger partial charge >= 0.3 is 15.2 Å². The molecule has 1 aromatic heterocycles. The SMILES string of the molecule is O=P(O)(O)C(NCCCCOc1ccccn1)P(=O)(O)O.[Na].[Na]. The van der Waals surface area contributed by atoms with Crippen molar-refractivity contribution in [1.29, 1.82) is 0 Å². The van der Waals surface area contributed by atoms with Crippen LogP contribution in [0.1, 0.15) is 12.8 Å². The molecule has 0 saturated carbocycles. The number of unbranched alkanes of at least 4 members (excludes halogenated alkanes) is 1. The molecule has 9 nitrogen and oxygen atoms in total. The van der Waals surface area contributed by atoms with Crippen LogP contribution in [0.5, 0.6) is 5.88 Å². The van der Waals surface area contributed by atoms with Crippen LogP contribution < -0.4 is 10.1 Å². The maximum atomic E-state index is 11.0. The number of hydrogen-bond acceptors (Lipinski definition) is 5. The van der Waals surface area contributed by atoms with Crippen LogP contribution in [-0.2, 0) is 9.13 Å². The van der Waals surface area contributed by atoms with Gasteiger partial charge in [0.05, 0.1) is 6.61 Å². The van der Waals surface area contributed by atoms with Gasteiger partial charge in [0, 0.05) is 71.4 Å². The summed E-state index contributed by atoms with van der Waals surface area (Å²) in [6.45, 7) is 0.391. The minimum absolute atomic E-state index is 0. The topological polar surface area (TPSA) is 149 Å². The van der Waals surface area contributed by atoms with E-state index in [0.717, 1.165) is 0 Å². The smallest absolute Gasteiger partial charge is 0.354 e. The first-order valence-corrected chi connectivity index (χ1v) is 9.45. The molecule has 0 aromatic carbocycles. The second-order valence-corrected chi connectivity index (χ2v) is 8.03. The maximum Gasteiger partial charge on any atom is 0.354 e. The molecule has 0 aliphatic carbocycles. The quantitative estimate of drug-likeness (QED) is 0.219. The number of hydrogen-bond donors (Lipinski definition) is 5. The Labute approximate surface area is 178 Å². The Kier molecular flexibility index (Phi) is 14.4. The first-order chi connectivity index (χ1) is 9.71. The number of rotatable bonds is 9. The van der Waals surface area contributed by atoms with Crippen LogP contribution >= 0.6 is 15.2 Å². The summed E-state index contributed by atoms with van der Waals surface area (Å²) in [5.74, 6) is 0.466. The fourth-order valence-corrected chi connectivity index (χ4v) is 3.80. The fourth-order valence-electron chi connectivity index (χ4n) is 1.50. The minimum Gasteiger partial charge on any atom is -0.478 e. The van der Waals surface area contributed by atoms with Crippen molar-refractivity contribution < 1.29 is 33.4 Å². The fraction of sp³-hybridized carbons (Fsp3) is 0.500. The normalized spacial score (nSPS) is 11.5. The zero-order valence-electron chi connectivity index (χ0n) is 13.1. The third kappa shape index (κ3) is 11.4. The molecule has 1 heterocycles. The van der Waals surface area contributed by atoms with Gasteiger partial charge in [0.25, 0.3) is 0 Å². The second-order valence-electron chi connectivity index (χ2n) is 4.23. The Morgan fingerprint density at radius 1 is 1.09 bits per heavy atom. The van der Waals surface area contributed by atoms with Crippen LogP contribution in [0.25, 0.3) is 0 Å². The first-order valence-electron chi connectivity index (χ1n) is 6.09. The van der Waals surface area contributed by atoms with E-state index >= 15 is 0 Å². The summed E-state index contributed by atoms with van der Waals surface area (Å²) in [6, 6.07) is 5.21. The third-order valence-electron chi connectivity index (χ3n) is 2.42. The van der Waals surface area contributed by atoms with E-state index in [9.17, 15) is 9.13 Å². The van der Waals surface area contributed by atoms with Gasteiger partial charge in [0.1, 0.15) is 0 Å². The molecule has 0 aliphatic heterocycles. The van der Waals surface area contributed by atoms with Gasteiger partial charge in [-0.2, -0.15) is 0 Å². The van der Waals surface area contributed by atoms with Crippen LogP contribution in [0.15, 0.2) is 24.4 Å². The Balaban J connectivity index is 0. The van der Waals surface area contributed by atoms with Gasteiger partial charge in [-0.3, -0.25) is 14.4 Å². The van der Waals surface area contributed by atoms with E-state index in [-0.39, 0.29) is 65.7 Å². The van der Waals surface area contributed by atoms with Gasteiger partial charge in [-0.1, -0.05) is 6.07 Å².